The number of furan rings is 1. The van der Waals surface area contributed by atoms with Crippen LogP contribution in [0.25, 0.3) is 17.0 Å². The average Bonchev–Trinajstić information content (AvgIpc) is 2.44. The topological polar surface area (TPSA) is 39.2 Å². The summed E-state index contributed by atoms with van der Waals surface area (Å²) in [7, 11) is 0. The number of anilines is 1. The Kier molecular flexibility index (Phi) is 2.20. The maximum absolute atomic E-state index is 5.80. The molecule has 3 heteroatoms. The monoisotopic (exact) mass is 312 g/mol. The summed E-state index contributed by atoms with van der Waals surface area (Å²) >= 11 is 0.252. The third kappa shape index (κ3) is 1.55. The molecule has 2 nitrogen and oxygen atoms in total. The molecule has 1 aromatic carbocycles. The van der Waals surface area contributed by atoms with Crippen molar-refractivity contribution in [2.45, 2.75) is 4.43 Å². The molecular weight excluding hydrogens is 301 g/mol. The van der Waals surface area contributed by atoms with Crippen LogP contribution < -0.4 is 26.9 Å². The van der Waals surface area contributed by atoms with Gasteiger partial charge in [0, 0.05) is 0 Å². The molecule has 1 aliphatic rings. The van der Waals surface area contributed by atoms with Crippen molar-refractivity contribution in [3.8, 4) is 0 Å². The predicted molar refractivity (Wildman–Crippen MR) is 58.2 cm³/mol. The van der Waals surface area contributed by atoms with Gasteiger partial charge in [0.1, 0.15) is 0 Å². The predicted octanol–water partition coefficient (Wildman–Crippen LogP) is -0.369. The quantitative estimate of drug-likeness (QED) is 0.410. The van der Waals surface area contributed by atoms with Gasteiger partial charge in [-0.15, -0.1) is 0 Å². The van der Waals surface area contributed by atoms with E-state index in [2.05, 4.69) is 12.2 Å². The fraction of sp³-hybridized carbons (Fsp3) is 0.167. The molecule has 2 heterocycles. The number of halogens is 1. The third-order valence-electron chi connectivity index (χ3n) is 2.54. The molecule has 0 unspecified atom stereocenters. The van der Waals surface area contributed by atoms with Crippen molar-refractivity contribution in [1.29, 1.82) is 0 Å². The SMILES string of the molecule is Nc1ccc2oc3c(c2c1)C[I-]CC=C3. The van der Waals surface area contributed by atoms with Crippen molar-refractivity contribution < 1.29 is 25.6 Å². The van der Waals surface area contributed by atoms with Crippen LogP contribution >= 0.6 is 0 Å². The van der Waals surface area contributed by atoms with E-state index in [4.69, 9.17) is 10.2 Å². The zero-order valence-electron chi connectivity index (χ0n) is 8.16. The first-order valence-corrected chi connectivity index (χ1v) is 7.90. The van der Waals surface area contributed by atoms with Crippen LogP contribution in [0.1, 0.15) is 11.3 Å². The van der Waals surface area contributed by atoms with Gasteiger partial charge in [-0.3, -0.25) is 0 Å². The van der Waals surface area contributed by atoms with Crippen molar-refractivity contribution in [1.82, 2.24) is 0 Å². The van der Waals surface area contributed by atoms with Gasteiger partial charge in [0.25, 0.3) is 0 Å². The number of nitrogen functional groups attached to an aromatic ring is 1. The first kappa shape index (κ1) is 9.27. The van der Waals surface area contributed by atoms with E-state index in [1.54, 1.807) is 0 Å². The Bertz CT molecular complexity index is 542. The number of allylic oxidation sites excluding steroid dienone is 1. The van der Waals surface area contributed by atoms with Gasteiger partial charge in [-0.1, -0.05) is 0 Å². The van der Waals surface area contributed by atoms with Gasteiger partial charge in [-0.05, 0) is 0 Å². The Balaban J connectivity index is 2.32. The summed E-state index contributed by atoms with van der Waals surface area (Å²) < 4.78 is 8.24. The molecular formula is C12H11INO-. The van der Waals surface area contributed by atoms with Crippen LogP contribution in [0.2, 0.25) is 0 Å². The summed E-state index contributed by atoms with van der Waals surface area (Å²) in [5.74, 6) is 1.04. The molecule has 0 aliphatic carbocycles. The van der Waals surface area contributed by atoms with E-state index >= 15 is 0 Å². The molecule has 78 valence electrons. The molecule has 2 aromatic rings. The molecule has 0 amide bonds. The van der Waals surface area contributed by atoms with Crippen LogP contribution in [0.3, 0.4) is 0 Å². The molecule has 0 bridgehead atoms. The number of nitrogens with two attached hydrogens (primary N) is 1. The van der Waals surface area contributed by atoms with Crippen molar-refractivity contribution in [2.75, 3.05) is 10.2 Å². The van der Waals surface area contributed by atoms with Crippen LogP contribution in [0, 0.1) is 0 Å². The Labute approximate surface area is 98.4 Å². The van der Waals surface area contributed by atoms with Gasteiger partial charge >= 0.3 is 98.5 Å². The van der Waals surface area contributed by atoms with Crippen molar-refractivity contribution >= 4 is 22.7 Å². The summed E-state index contributed by atoms with van der Waals surface area (Å²) in [5.41, 5.74) is 8.94. The third-order valence-corrected chi connectivity index (χ3v) is 4.98. The minimum absolute atomic E-state index is 0.252. The van der Waals surface area contributed by atoms with Gasteiger partial charge in [0.05, 0.1) is 0 Å². The van der Waals surface area contributed by atoms with E-state index in [0.29, 0.717) is 0 Å². The van der Waals surface area contributed by atoms with E-state index in [9.17, 15) is 0 Å². The molecule has 1 aromatic heterocycles. The van der Waals surface area contributed by atoms with Gasteiger partial charge in [0.15, 0.2) is 0 Å². The fourth-order valence-electron chi connectivity index (χ4n) is 1.82. The number of rotatable bonds is 0. The van der Waals surface area contributed by atoms with Gasteiger partial charge in [-0.2, -0.15) is 0 Å². The van der Waals surface area contributed by atoms with Crippen LogP contribution in [0.4, 0.5) is 5.69 Å². The first-order chi connectivity index (χ1) is 7.34. The second-order valence-electron chi connectivity index (χ2n) is 3.58. The molecule has 0 radical (unpaired) electrons. The average molecular weight is 312 g/mol. The van der Waals surface area contributed by atoms with Crippen molar-refractivity contribution in [2.24, 2.45) is 0 Å². The maximum atomic E-state index is 5.80. The molecule has 2 N–H and O–H groups in total. The van der Waals surface area contributed by atoms with E-state index in [-0.39, 0.29) is 21.2 Å². The van der Waals surface area contributed by atoms with Crippen molar-refractivity contribution in [3.05, 3.63) is 35.6 Å². The number of alkyl halides is 2. The van der Waals surface area contributed by atoms with E-state index in [1.165, 1.54) is 19.8 Å². The normalized spacial score (nSPS) is 15.7. The van der Waals surface area contributed by atoms with Crippen LogP contribution in [-0.2, 0) is 4.43 Å². The Morgan fingerprint density at radius 1 is 1.33 bits per heavy atom. The molecule has 0 atom stereocenters. The molecule has 15 heavy (non-hydrogen) atoms. The van der Waals surface area contributed by atoms with Gasteiger partial charge in [-0.25, -0.2) is 0 Å². The minimum atomic E-state index is 0.252. The number of hydrogen-bond acceptors (Lipinski definition) is 2. The summed E-state index contributed by atoms with van der Waals surface area (Å²) in [6, 6.07) is 5.88. The molecule has 3 rings (SSSR count). The zero-order chi connectivity index (χ0) is 10.3. The standard InChI is InChI=1S/C12H11INO/c14-8-3-4-12-9(6-8)10-7-13-5-1-2-11(10)15-12/h1-4,6H,5,7,14H2/q-1. The summed E-state index contributed by atoms with van der Waals surface area (Å²) in [4.78, 5) is 0. The number of hydrogen-bond donors (Lipinski definition) is 1. The summed E-state index contributed by atoms with van der Waals surface area (Å²) in [6.07, 6.45) is 4.34. The molecule has 0 fully saturated rings. The van der Waals surface area contributed by atoms with E-state index < -0.39 is 0 Å². The first-order valence-electron chi connectivity index (χ1n) is 4.85. The van der Waals surface area contributed by atoms with Crippen LogP contribution in [-0.4, -0.2) is 4.43 Å². The second kappa shape index (κ2) is 3.56. The number of benzene rings is 1. The fourth-order valence-corrected chi connectivity index (χ4v) is 4.07. The number of fused-ring (bicyclic) bond motifs is 3. The Morgan fingerprint density at radius 2 is 2.27 bits per heavy atom. The second-order valence-corrected chi connectivity index (χ2v) is 6.30. The molecule has 0 saturated heterocycles. The molecule has 0 saturated carbocycles. The van der Waals surface area contributed by atoms with Gasteiger partial charge in [0.2, 0.25) is 0 Å². The van der Waals surface area contributed by atoms with Gasteiger partial charge < -0.3 is 0 Å². The summed E-state index contributed by atoms with van der Waals surface area (Å²) in [5, 5.41) is 1.20. The summed E-state index contributed by atoms with van der Waals surface area (Å²) in [6.45, 7) is 0. The Morgan fingerprint density at radius 3 is 3.20 bits per heavy atom. The van der Waals surface area contributed by atoms with Crippen molar-refractivity contribution in [3.63, 3.8) is 0 Å². The van der Waals surface area contributed by atoms with E-state index in [1.807, 2.05) is 18.2 Å². The molecule has 0 spiro atoms. The molecule has 1 aliphatic heterocycles. The zero-order valence-corrected chi connectivity index (χ0v) is 10.3. The van der Waals surface area contributed by atoms with E-state index in [0.717, 1.165) is 17.0 Å². The van der Waals surface area contributed by atoms with Crippen LogP contribution in [0.15, 0.2) is 28.7 Å². The van der Waals surface area contributed by atoms with Crippen LogP contribution in [0.5, 0.6) is 0 Å². The Hall–Kier alpha value is -0.970.